The summed E-state index contributed by atoms with van der Waals surface area (Å²) in [6.07, 6.45) is 0. The van der Waals surface area contributed by atoms with E-state index in [1.165, 1.54) is 24.3 Å². The second-order valence-electron chi connectivity index (χ2n) is 4.08. The lowest BCUT2D eigenvalue weighted by Crippen LogP contribution is -2.16. The predicted octanol–water partition coefficient (Wildman–Crippen LogP) is 3.09. The molecule has 0 aliphatic carbocycles. The van der Waals surface area contributed by atoms with E-state index in [4.69, 9.17) is 5.11 Å². The topological polar surface area (TPSA) is 86.6 Å². The molecule has 2 rings (SSSR count). The van der Waals surface area contributed by atoms with Crippen molar-refractivity contribution in [1.29, 1.82) is 0 Å². The van der Waals surface area contributed by atoms with Crippen LogP contribution in [0.4, 0.5) is 10.1 Å². The summed E-state index contributed by atoms with van der Waals surface area (Å²) in [4.78, 5) is 23.1. The Morgan fingerprint density at radius 1 is 1.19 bits per heavy atom. The number of nitrogens with one attached hydrogen (secondary N) is 1. The van der Waals surface area contributed by atoms with Gasteiger partial charge in [0.05, 0.1) is 11.3 Å². The first kappa shape index (κ1) is 15.2. The van der Waals surface area contributed by atoms with Gasteiger partial charge in [-0.15, -0.1) is 0 Å². The van der Waals surface area contributed by atoms with E-state index in [0.29, 0.717) is 3.57 Å². The standard InChI is InChI=1S/C14H9FINO4/c15-9-2-1-3-10(12(9)14(20)21)17-13(19)8-6-7(16)4-5-11(8)18/h1-6,18H,(H,17,19)(H,20,21). The van der Waals surface area contributed by atoms with Crippen LogP contribution in [0.3, 0.4) is 0 Å². The molecule has 7 heteroatoms. The second kappa shape index (κ2) is 6.08. The van der Waals surface area contributed by atoms with Crippen molar-refractivity contribution in [2.75, 3.05) is 5.32 Å². The number of halogens is 2. The molecule has 2 aromatic carbocycles. The smallest absolute Gasteiger partial charge is 0.340 e. The zero-order chi connectivity index (χ0) is 15.6. The average molecular weight is 401 g/mol. The zero-order valence-electron chi connectivity index (χ0n) is 10.4. The molecule has 0 unspecified atom stereocenters. The van der Waals surface area contributed by atoms with Crippen molar-refractivity contribution in [3.8, 4) is 5.75 Å². The minimum Gasteiger partial charge on any atom is -0.507 e. The third-order valence-corrected chi connectivity index (χ3v) is 3.35. The van der Waals surface area contributed by atoms with E-state index in [-0.39, 0.29) is 17.0 Å². The molecule has 3 N–H and O–H groups in total. The SMILES string of the molecule is O=C(Nc1cccc(F)c1C(=O)O)c1cc(I)ccc1O. The normalized spacial score (nSPS) is 10.2. The molecule has 0 saturated heterocycles. The number of amides is 1. The molecule has 108 valence electrons. The maximum atomic E-state index is 13.5. The van der Waals surface area contributed by atoms with Gasteiger partial charge in [-0.25, -0.2) is 9.18 Å². The van der Waals surface area contributed by atoms with E-state index in [1.807, 2.05) is 22.6 Å². The fraction of sp³-hybridized carbons (Fsp3) is 0. The first-order chi connectivity index (χ1) is 9.90. The maximum absolute atomic E-state index is 13.5. The van der Waals surface area contributed by atoms with Gasteiger partial charge < -0.3 is 15.5 Å². The van der Waals surface area contributed by atoms with Crippen LogP contribution in [-0.2, 0) is 0 Å². The highest BCUT2D eigenvalue weighted by molar-refractivity contribution is 14.1. The van der Waals surface area contributed by atoms with Gasteiger partial charge in [-0.05, 0) is 52.9 Å². The molecule has 0 radical (unpaired) electrons. The Labute approximate surface area is 132 Å². The van der Waals surface area contributed by atoms with E-state index < -0.39 is 23.3 Å². The van der Waals surface area contributed by atoms with E-state index in [1.54, 1.807) is 6.07 Å². The minimum absolute atomic E-state index is 0.0255. The first-order valence-electron chi connectivity index (χ1n) is 5.72. The third kappa shape index (κ3) is 3.30. The highest BCUT2D eigenvalue weighted by Crippen LogP contribution is 2.23. The van der Waals surface area contributed by atoms with Gasteiger partial charge >= 0.3 is 5.97 Å². The molecule has 0 aliphatic heterocycles. The molecule has 0 aromatic heterocycles. The number of aromatic hydroxyl groups is 1. The first-order valence-corrected chi connectivity index (χ1v) is 6.79. The van der Waals surface area contributed by atoms with Crippen molar-refractivity contribution < 1.29 is 24.2 Å². The van der Waals surface area contributed by atoms with Crippen LogP contribution in [0.2, 0.25) is 0 Å². The molecule has 0 saturated carbocycles. The lowest BCUT2D eigenvalue weighted by molar-refractivity contribution is 0.0693. The second-order valence-corrected chi connectivity index (χ2v) is 5.33. The molecule has 0 bridgehead atoms. The lowest BCUT2D eigenvalue weighted by atomic mass is 10.1. The largest absolute Gasteiger partial charge is 0.507 e. The Kier molecular flexibility index (Phi) is 4.41. The van der Waals surface area contributed by atoms with Crippen LogP contribution >= 0.6 is 22.6 Å². The maximum Gasteiger partial charge on any atom is 0.340 e. The van der Waals surface area contributed by atoms with Gasteiger partial charge in [0.15, 0.2) is 0 Å². The molecule has 0 fully saturated rings. The Morgan fingerprint density at radius 2 is 1.90 bits per heavy atom. The van der Waals surface area contributed by atoms with Gasteiger partial charge in [0, 0.05) is 3.57 Å². The summed E-state index contributed by atoms with van der Waals surface area (Å²) in [5, 5.41) is 20.9. The molecule has 0 spiro atoms. The van der Waals surface area contributed by atoms with E-state index in [9.17, 15) is 19.1 Å². The van der Waals surface area contributed by atoms with Crippen molar-refractivity contribution in [3.05, 3.63) is 56.9 Å². The number of carboxylic acid groups (broad SMARTS) is 1. The van der Waals surface area contributed by atoms with Crippen molar-refractivity contribution >= 4 is 40.2 Å². The molecule has 21 heavy (non-hydrogen) atoms. The Morgan fingerprint density at radius 3 is 2.57 bits per heavy atom. The van der Waals surface area contributed by atoms with Gasteiger partial charge in [-0.2, -0.15) is 0 Å². The fourth-order valence-corrected chi connectivity index (χ4v) is 2.22. The Hall–Kier alpha value is -2.16. The van der Waals surface area contributed by atoms with Crippen LogP contribution in [0, 0.1) is 9.39 Å². The zero-order valence-corrected chi connectivity index (χ0v) is 12.6. The van der Waals surface area contributed by atoms with Gasteiger partial charge in [0.2, 0.25) is 0 Å². The van der Waals surface area contributed by atoms with Gasteiger partial charge in [0.25, 0.3) is 5.91 Å². The van der Waals surface area contributed by atoms with Crippen molar-refractivity contribution in [3.63, 3.8) is 0 Å². The molecular formula is C14H9FINO4. The predicted molar refractivity (Wildman–Crippen MR) is 82.1 cm³/mol. The molecule has 2 aromatic rings. The molecule has 0 heterocycles. The number of carboxylic acids is 1. The molecule has 0 atom stereocenters. The molecule has 0 aliphatic rings. The monoisotopic (exact) mass is 401 g/mol. The summed E-state index contributed by atoms with van der Waals surface area (Å²) < 4.78 is 14.2. The van der Waals surface area contributed by atoms with Gasteiger partial charge in [-0.3, -0.25) is 4.79 Å². The summed E-state index contributed by atoms with van der Waals surface area (Å²) >= 11 is 1.96. The molecule has 5 nitrogen and oxygen atoms in total. The summed E-state index contributed by atoms with van der Waals surface area (Å²) in [6, 6.07) is 7.94. The van der Waals surface area contributed by atoms with Crippen LogP contribution in [0.15, 0.2) is 36.4 Å². The quantitative estimate of drug-likeness (QED) is 0.691. The van der Waals surface area contributed by atoms with E-state index >= 15 is 0 Å². The summed E-state index contributed by atoms with van der Waals surface area (Å²) in [5.41, 5.74) is -0.829. The Balaban J connectivity index is 2.39. The highest BCUT2D eigenvalue weighted by Gasteiger charge is 2.19. The fourth-order valence-electron chi connectivity index (χ4n) is 1.73. The van der Waals surface area contributed by atoms with Gasteiger partial charge in [-0.1, -0.05) is 6.07 Å². The average Bonchev–Trinajstić information content (AvgIpc) is 2.41. The number of benzene rings is 2. The van der Waals surface area contributed by atoms with Crippen molar-refractivity contribution in [2.45, 2.75) is 0 Å². The minimum atomic E-state index is -1.49. The number of phenols is 1. The van der Waals surface area contributed by atoms with Crippen LogP contribution < -0.4 is 5.32 Å². The molecular weight excluding hydrogens is 392 g/mol. The van der Waals surface area contributed by atoms with E-state index in [2.05, 4.69) is 5.32 Å². The van der Waals surface area contributed by atoms with Crippen molar-refractivity contribution in [2.24, 2.45) is 0 Å². The number of rotatable bonds is 3. The van der Waals surface area contributed by atoms with Crippen molar-refractivity contribution in [1.82, 2.24) is 0 Å². The Bertz CT molecular complexity index is 733. The third-order valence-electron chi connectivity index (χ3n) is 2.68. The van der Waals surface area contributed by atoms with Crippen LogP contribution in [0.5, 0.6) is 5.75 Å². The number of hydrogen-bond donors (Lipinski definition) is 3. The van der Waals surface area contributed by atoms with Crippen LogP contribution in [-0.4, -0.2) is 22.1 Å². The summed E-state index contributed by atoms with van der Waals surface area (Å²) in [5.74, 6) is -3.41. The number of aromatic carboxylic acids is 1. The lowest BCUT2D eigenvalue weighted by Gasteiger charge is -2.10. The number of hydrogen-bond acceptors (Lipinski definition) is 3. The highest BCUT2D eigenvalue weighted by atomic mass is 127. The number of carbonyl (C=O) groups is 2. The van der Waals surface area contributed by atoms with Crippen LogP contribution in [0.25, 0.3) is 0 Å². The van der Waals surface area contributed by atoms with Gasteiger partial charge in [0.1, 0.15) is 17.1 Å². The summed E-state index contributed by atoms with van der Waals surface area (Å²) in [6.45, 7) is 0. The number of carbonyl (C=O) groups excluding carboxylic acids is 1. The number of phenolic OH excluding ortho intramolecular Hbond substituents is 1. The summed E-state index contributed by atoms with van der Waals surface area (Å²) in [7, 11) is 0. The molecule has 1 amide bonds. The van der Waals surface area contributed by atoms with E-state index in [0.717, 1.165) is 6.07 Å². The number of anilines is 1. The van der Waals surface area contributed by atoms with Crippen LogP contribution in [0.1, 0.15) is 20.7 Å².